The number of halogens is 3. The number of aromatic nitrogens is 4. The maximum atomic E-state index is 13.0. The quantitative estimate of drug-likeness (QED) is 0.783. The third-order valence-corrected chi connectivity index (χ3v) is 3.63. The maximum Gasteiger partial charge on any atom is 0.433 e. The van der Waals surface area contributed by atoms with Gasteiger partial charge < -0.3 is 14.6 Å². The molecule has 0 saturated carbocycles. The molecule has 3 heterocycles. The molecular formula is C16H17F3N6. The number of anilines is 2. The van der Waals surface area contributed by atoms with Crippen molar-refractivity contribution in [3.05, 3.63) is 47.5 Å². The van der Waals surface area contributed by atoms with E-state index in [1.54, 1.807) is 14.1 Å². The fourth-order valence-electron chi connectivity index (χ4n) is 2.34. The van der Waals surface area contributed by atoms with E-state index in [2.05, 4.69) is 20.3 Å². The van der Waals surface area contributed by atoms with Gasteiger partial charge in [0.1, 0.15) is 11.5 Å². The summed E-state index contributed by atoms with van der Waals surface area (Å²) in [5, 5.41) is 2.82. The molecule has 0 aromatic carbocycles. The van der Waals surface area contributed by atoms with Crippen molar-refractivity contribution >= 4 is 17.4 Å². The summed E-state index contributed by atoms with van der Waals surface area (Å²) in [6, 6.07) is 6.63. The van der Waals surface area contributed by atoms with E-state index in [9.17, 15) is 13.2 Å². The third-order valence-electron chi connectivity index (χ3n) is 3.63. The molecule has 0 radical (unpaired) electrons. The molecule has 132 valence electrons. The molecule has 0 unspecified atom stereocenters. The average Bonchev–Trinajstić information content (AvgIpc) is 2.96. The van der Waals surface area contributed by atoms with Crippen LogP contribution in [0.2, 0.25) is 0 Å². The van der Waals surface area contributed by atoms with Gasteiger partial charge in [-0.15, -0.1) is 0 Å². The Balaban J connectivity index is 1.86. The second kappa shape index (κ2) is 6.23. The molecule has 0 spiro atoms. The van der Waals surface area contributed by atoms with Gasteiger partial charge >= 0.3 is 6.18 Å². The predicted molar refractivity (Wildman–Crippen MR) is 88.6 cm³/mol. The normalized spacial score (nSPS) is 11.8. The van der Waals surface area contributed by atoms with Crippen LogP contribution in [0.15, 0.2) is 30.5 Å². The average molecular weight is 350 g/mol. The van der Waals surface area contributed by atoms with Crippen LogP contribution in [0.25, 0.3) is 5.65 Å². The van der Waals surface area contributed by atoms with Gasteiger partial charge in [-0.25, -0.2) is 9.97 Å². The Morgan fingerprint density at radius 1 is 1.16 bits per heavy atom. The van der Waals surface area contributed by atoms with Gasteiger partial charge in [-0.1, -0.05) is 6.07 Å². The maximum absolute atomic E-state index is 13.0. The number of pyridine rings is 1. The first-order chi connectivity index (χ1) is 11.7. The van der Waals surface area contributed by atoms with Crippen LogP contribution >= 0.6 is 0 Å². The van der Waals surface area contributed by atoms with Crippen molar-refractivity contribution in [1.29, 1.82) is 0 Å². The largest absolute Gasteiger partial charge is 0.433 e. The number of imidazole rings is 1. The number of nitrogens with zero attached hydrogens (tertiary/aromatic N) is 5. The number of alkyl halides is 3. The first-order valence-electron chi connectivity index (χ1n) is 7.55. The lowest BCUT2D eigenvalue weighted by Crippen LogP contribution is -2.17. The Morgan fingerprint density at radius 2 is 1.92 bits per heavy atom. The van der Waals surface area contributed by atoms with Crippen LogP contribution in [-0.4, -0.2) is 33.4 Å². The number of nitrogens with one attached hydrogen (secondary N) is 1. The Morgan fingerprint density at radius 3 is 2.56 bits per heavy atom. The Hall–Kier alpha value is -2.84. The number of hydrogen-bond acceptors (Lipinski definition) is 5. The van der Waals surface area contributed by atoms with E-state index in [1.165, 1.54) is 4.90 Å². The highest BCUT2D eigenvalue weighted by Gasteiger charge is 2.34. The van der Waals surface area contributed by atoms with Gasteiger partial charge in [0.2, 0.25) is 5.95 Å². The van der Waals surface area contributed by atoms with Crippen LogP contribution in [0, 0.1) is 6.92 Å². The van der Waals surface area contributed by atoms with Crippen LogP contribution in [0.4, 0.5) is 24.9 Å². The van der Waals surface area contributed by atoms with Gasteiger partial charge in [0.05, 0.1) is 12.2 Å². The fraction of sp³-hybridized carbons (Fsp3) is 0.312. The van der Waals surface area contributed by atoms with E-state index in [4.69, 9.17) is 0 Å². The van der Waals surface area contributed by atoms with Crippen molar-refractivity contribution in [2.75, 3.05) is 24.3 Å². The lowest BCUT2D eigenvalue weighted by atomic mass is 10.3. The lowest BCUT2D eigenvalue weighted by Gasteiger charge is -2.15. The molecule has 6 nitrogen and oxygen atoms in total. The summed E-state index contributed by atoms with van der Waals surface area (Å²) >= 11 is 0. The van der Waals surface area contributed by atoms with Crippen molar-refractivity contribution in [1.82, 2.24) is 19.4 Å². The van der Waals surface area contributed by atoms with E-state index in [0.29, 0.717) is 5.69 Å². The van der Waals surface area contributed by atoms with E-state index in [0.717, 1.165) is 17.4 Å². The minimum Gasteiger partial charge on any atom is -0.363 e. The molecule has 0 fully saturated rings. The Bertz CT molecular complexity index is 901. The zero-order valence-corrected chi connectivity index (χ0v) is 14.0. The molecule has 0 amide bonds. The summed E-state index contributed by atoms with van der Waals surface area (Å²) in [7, 11) is 3.24. The van der Waals surface area contributed by atoms with E-state index in [-0.39, 0.29) is 18.3 Å². The summed E-state index contributed by atoms with van der Waals surface area (Å²) in [6.07, 6.45) is -2.71. The highest BCUT2D eigenvalue weighted by molar-refractivity contribution is 5.45. The van der Waals surface area contributed by atoms with Crippen LogP contribution < -0.4 is 10.2 Å². The molecule has 3 aromatic heterocycles. The van der Waals surface area contributed by atoms with Crippen LogP contribution in [0.1, 0.15) is 17.1 Å². The summed E-state index contributed by atoms with van der Waals surface area (Å²) in [5.74, 6) is 0.0861. The predicted octanol–water partition coefficient (Wildman–Crippen LogP) is 3.13. The Kier molecular flexibility index (Phi) is 4.23. The summed E-state index contributed by atoms with van der Waals surface area (Å²) in [5.41, 5.74) is 1.48. The van der Waals surface area contributed by atoms with E-state index in [1.807, 2.05) is 35.7 Å². The monoisotopic (exact) mass is 350 g/mol. The molecule has 0 atom stereocenters. The molecule has 9 heteroatoms. The first kappa shape index (κ1) is 17.0. The molecule has 3 rings (SSSR count). The van der Waals surface area contributed by atoms with Crippen molar-refractivity contribution in [3.8, 4) is 0 Å². The summed E-state index contributed by atoms with van der Waals surface area (Å²) < 4.78 is 40.9. The lowest BCUT2D eigenvalue weighted by molar-refractivity contribution is -0.141. The molecule has 0 saturated heterocycles. The summed E-state index contributed by atoms with van der Waals surface area (Å²) in [6.45, 7) is 2.17. The second-order valence-corrected chi connectivity index (χ2v) is 5.81. The molecule has 0 aliphatic heterocycles. The van der Waals surface area contributed by atoms with Crippen LogP contribution in [0.5, 0.6) is 0 Å². The van der Waals surface area contributed by atoms with Crippen LogP contribution in [-0.2, 0) is 12.7 Å². The second-order valence-electron chi connectivity index (χ2n) is 5.81. The van der Waals surface area contributed by atoms with Gasteiger partial charge in [-0.05, 0) is 19.1 Å². The number of fused-ring (bicyclic) bond motifs is 1. The SMILES string of the molecule is Cc1cccc2nc(CNc3nc(N(C)C)cc(C(F)(F)F)n3)cn12. The zero-order valence-electron chi connectivity index (χ0n) is 14.0. The van der Waals surface area contributed by atoms with Gasteiger partial charge in [0, 0.05) is 32.1 Å². The topological polar surface area (TPSA) is 58.4 Å². The van der Waals surface area contributed by atoms with Crippen molar-refractivity contribution in [2.45, 2.75) is 19.6 Å². The third kappa shape index (κ3) is 3.65. The Labute approximate surface area is 142 Å². The highest BCUT2D eigenvalue weighted by Crippen LogP contribution is 2.30. The molecule has 0 aliphatic carbocycles. The van der Waals surface area contributed by atoms with Crippen molar-refractivity contribution in [3.63, 3.8) is 0 Å². The molecule has 0 bridgehead atoms. The molecule has 1 N–H and O–H groups in total. The van der Waals surface area contributed by atoms with Crippen LogP contribution in [0.3, 0.4) is 0 Å². The van der Waals surface area contributed by atoms with Gasteiger partial charge in [0.25, 0.3) is 0 Å². The van der Waals surface area contributed by atoms with Crippen molar-refractivity contribution in [2.24, 2.45) is 0 Å². The summed E-state index contributed by atoms with van der Waals surface area (Å²) in [4.78, 5) is 13.6. The standard InChI is InChI=1S/C16H17F3N6/c1-10-5-4-6-13-21-11(9-25(10)13)8-20-15-22-12(16(17,18)19)7-14(23-15)24(2)3/h4-7,9H,8H2,1-3H3,(H,20,22,23). The highest BCUT2D eigenvalue weighted by atomic mass is 19.4. The van der Waals surface area contributed by atoms with Gasteiger partial charge in [-0.2, -0.15) is 18.2 Å². The van der Waals surface area contributed by atoms with E-state index >= 15 is 0 Å². The van der Waals surface area contributed by atoms with E-state index < -0.39 is 11.9 Å². The van der Waals surface area contributed by atoms with Gasteiger partial charge in [-0.3, -0.25) is 0 Å². The molecule has 25 heavy (non-hydrogen) atoms. The smallest absolute Gasteiger partial charge is 0.363 e. The molecular weight excluding hydrogens is 333 g/mol. The number of hydrogen-bond donors (Lipinski definition) is 1. The van der Waals surface area contributed by atoms with Gasteiger partial charge in [0.15, 0.2) is 5.69 Å². The minimum atomic E-state index is -4.54. The van der Waals surface area contributed by atoms with Crippen molar-refractivity contribution < 1.29 is 13.2 Å². The fourth-order valence-corrected chi connectivity index (χ4v) is 2.34. The first-order valence-corrected chi connectivity index (χ1v) is 7.55. The number of rotatable bonds is 4. The zero-order chi connectivity index (χ0) is 18.2. The minimum absolute atomic E-state index is 0.0905. The molecule has 3 aromatic rings. The number of aryl methyl sites for hydroxylation is 1. The molecule has 0 aliphatic rings.